The first-order valence-corrected chi connectivity index (χ1v) is 6.17. The third kappa shape index (κ3) is 14.7. The molecule has 1 amide bonds. The molecule has 0 saturated heterocycles. The van der Waals surface area contributed by atoms with Crippen molar-refractivity contribution in [2.45, 2.75) is 19.1 Å². The molecule has 11 heteroatoms. The molecular weight excluding hydrogens is 412 g/mol. The summed E-state index contributed by atoms with van der Waals surface area (Å²) in [4.78, 5) is 30.7. The van der Waals surface area contributed by atoms with E-state index in [0.29, 0.717) is 0 Å². The summed E-state index contributed by atoms with van der Waals surface area (Å²) in [5.74, 6) is -1.13. The van der Waals surface area contributed by atoms with Gasteiger partial charge in [-0.1, -0.05) is 5.92 Å². The number of nitrogens with two attached hydrogens (primary N) is 1. The second-order valence-corrected chi connectivity index (χ2v) is 3.78. The Balaban J connectivity index is 0. The van der Waals surface area contributed by atoms with E-state index >= 15 is 0 Å². The molecule has 0 aromatic carbocycles. The van der Waals surface area contributed by atoms with Gasteiger partial charge in [0.15, 0.2) is 6.61 Å². The number of alkyl halides is 3. The molecule has 0 aliphatic heterocycles. The van der Waals surface area contributed by atoms with Crippen LogP contribution in [0.3, 0.4) is 0 Å². The van der Waals surface area contributed by atoms with Crippen LogP contribution in [0.15, 0.2) is 0 Å². The van der Waals surface area contributed by atoms with E-state index in [1.165, 1.54) is 6.92 Å². The number of aliphatic carboxylic acids is 1. The van der Waals surface area contributed by atoms with Gasteiger partial charge in [-0.15, -0.1) is 0 Å². The van der Waals surface area contributed by atoms with Gasteiger partial charge in [0.25, 0.3) is 0 Å². The molecule has 0 aliphatic rings. The van der Waals surface area contributed by atoms with Crippen molar-refractivity contribution in [2.75, 3.05) is 13.2 Å². The molecule has 0 radical (unpaired) electrons. The second kappa shape index (κ2) is 11.1. The minimum atomic E-state index is -5.08. The highest BCUT2D eigenvalue weighted by atomic mass is 127. The van der Waals surface area contributed by atoms with Gasteiger partial charge < -0.3 is 20.9 Å². The minimum Gasteiger partial charge on any atom is -0.475 e. The molecule has 7 nitrogen and oxygen atoms in total. The maximum Gasteiger partial charge on any atom is 0.490 e. The van der Waals surface area contributed by atoms with Crippen molar-refractivity contribution in [3.63, 3.8) is 0 Å². The SMILES string of the molecule is C[C@H](N)C(=O)NCC(=O)OCC#CI.O=C(O)C(F)(F)F. The number of halogens is 4. The van der Waals surface area contributed by atoms with E-state index in [2.05, 4.69) is 19.9 Å². The highest BCUT2D eigenvalue weighted by Gasteiger charge is 2.38. The van der Waals surface area contributed by atoms with Crippen molar-refractivity contribution in [1.29, 1.82) is 0 Å². The van der Waals surface area contributed by atoms with Gasteiger partial charge in [-0.2, -0.15) is 13.2 Å². The Morgan fingerprint density at radius 1 is 1.43 bits per heavy atom. The summed E-state index contributed by atoms with van der Waals surface area (Å²) in [6.45, 7) is 1.39. The lowest BCUT2D eigenvalue weighted by molar-refractivity contribution is -0.192. The number of rotatable bonds is 4. The summed E-state index contributed by atoms with van der Waals surface area (Å²) in [7, 11) is 0. The molecule has 120 valence electrons. The van der Waals surface area contributed by atoms with Crippen LogP contribution in [0.5, 0.6) is 0 Å². The van der Waals surface area contributed by atoms with Gasteiger partial charge in [-0.25, -0.2) is 4.79 Å². The maximum absolute atomic E-state index is 10.9. The van der Waals surface area contributed by atoms with E-state index < -0.39 is 24.2 Å². The summed E-state index contributed by atoms with van der Waals surface area (Å²) in [6.07, 6.45) is -5.08. The predicted molar refractivity (Wildman–Crippen MR) is 73.1 cm³/mol. The summed E-state index contributed by atoms with van der Waals surface area (Å²) in [5.41, 5.74) is 5.26. The third-order valence-electron chi connectivity index (χ3n) is 1.44. The molecule has 0 fully saturated rings. The van der Waals surface area contributed by atoms with Crippen molar-refractivity contribution < 1.29 is 37.4 Å². The van der Waals surface area contributed by atoms with Gasteiger partial charge in [0.1, 0.15) is 6.54 Å². The zero-order valence-electron chi connectivity index (χ0n) is 10.7. The van der Waals surface area contributed by atoms with Crippen molar-refractivity contribution in [3.8, 4) is 9.85 Å². The van der Waals surface area contributed by atoms with E-state index in [1.54, 1.807) is 0 Å². The largest absolute Gasteiger partial charge is 0.490 e. The molecule has 0 unspecified atom stereocenters. The average molecular weight is 424 g/mol. The second-order valence-electron chi connectivity index (χ2n) is 3.24. The van der Waals surface area contributed by atoms with Crippen LogP contribution in [-0.4, -0.2) is 48.3 Å². The summed E-state index contributed by atoms with van der Waals surface area (Å²) >= 11 is 1.84. The number of hydrogen-bond acceptors (Lipinski definition) is 5. The normalized spacial score (nSPS) is 11.0. The lowest BCUT2D eigenvalue weighted by Gasteiger charge is -2.06. The number of hydrogen-bond donors (Lipinski definition) is 3. The first-order valence-electron chi connectivity index (χ1n) is 5.09. The predicted octanol–water partition coefficient (Wildman–Crippen LogP) is 0.0222. The Morgan fingerprint density at radius 2 is 1.90 bits per heavy atom. The highest BCUT2D eigenvalue weighted by Crippen LogP contribution is 2.13. The topological polar surface area (TPSA) is 119 Å². The van der Waals surface area contributed by atoms with Gasteiger partial charge in [0, 0.05) is 22.6 Å². The number of amides is 1. The summed E-state index contributed by atoms with van der Waals surface area (Å²) in [5, 5.41) is 9.45. The van der Waals surface area contributed by atoms with Gasteiger partial charge in [-0.05, 0) is 10.9 Å². The van der Waals surface area contributed by atoms with E-state index in [4.69, 9.17) is 15.6 Å². The Morgan fingerprint density at radius 3 is 2.24 bits per heavy atom. The van der Waals surface area contributed by atoms with Gasteiger partial charge in [-0.3, -0.25) is 9.59 Å². The number of carboxylic acid groups (broad SMARTS) is 1. The Kier molecular flexibility index (Phi) is 11.5. The van der Waals surface area contributed by atoms with Crippen LogP contribution < -0.4 is 11.1 Å². The fourth-order valence-electron chi connectivity index (χ4n) is 0.515. The molecule has 0 rings (SSSR count). The van der Waals surface area contributed by atoms with Gasteiger partial charge in [0.05, 0.1) is 6.04 Å². The third-order valence-corrected chi connectivity index (χ3v) is 1.82. The monoisotopic (exact) mass is 424 g/mol. The van der Waals surface area contributed by atoms with Crippen molar-refractivity contribution in [2.24, 2.45) is 5.73 Å². The van der Waals surface area contributed by atoms with Crippen molar-refractivity contribution in [3.05, 3.63) is 0 Å². The van der Waals surface area contributed by atoms with Gasteiger partial charge in [0.2, 0.25) is 5.91 Å². The fourth-order valence-corrected chi connectivity index (χ4v) is 0.671. The number of carboxylic acids is 1. The molecule has 0 heterocycles. The number of carbonyl (C=O) groups excluding carboxylic acids is 2. The number of carbonyl (C=O) groups is 3. The molecule has 4 N–H and O–H groups in total. The standard InChI is InChI=1S/C8H11IN2O3.C2HF3O2/c1-6(10)8(13)11-5-7(12)14-4-2-3-9;3-2(4,5)1(6)7/h6H,4-5,10H2,1H3,(H,11,13);(H,6,7)/t6-;/m0./s1. The van der Waals surface area contributed by atoms with Gasteiger partial charge >= 0.3 is 18.1 Å². The first kappa shape index (κ1) is 21.7. The van der Waals surface area contributed by atoms with Crippen LogP contribution >= 0.6 is 22.6 Å². The zero-order chi connectivity index (χ0) is 17.1. The van der Waals surface area contributed by atoms with Crippen LogP contribution in [0.1, 0.15) is 6.92 Å². The molecule has 0 aromatic heterocycles. The fraction of sp³-hybridized carbons (Fsp3) is 0.500. The Bertz CT molecular complexity index is 429. The van der Waals surface area contributed by atoms with Crippen LogP contribution in [0.2, 0.25) is 0 Å². The Hall–Kier alpha value is -1.55. The average Bonchev–Trinajstić information content (AvgIpc) is 2.35. The number of nitrogens with one attached hydrogen (secondary N) is 1. The lowest BCUT2D eigenvalue weighted by Crippen LogP contribution is -2.41. The Labute approximate surface area is 131 Å². The lowest BCUT2D eigenvalue weighted by atomic mass is 10.3. The smallest absolute Gasteiger partial charge is 0.475 e. The summed E-state index contributed by atoms with van der Waals surface area (Å²) in [6, 6.07) is -0.628. The molecule has 0 aliphatic carbocycles. The quantitative estimate of drug-likeness (QED) is 0.333. The first-order chi connectivity index (χ1) is 9.52. The summed E-state index contributed by atoms with van der Waals surface area (Å²) < 4.78 is 38.9. The molecular formula is C10H12F3IN2O5. The van der Waals surface area contributed by atoms with Crippen LogP contribution in [0.4, 0.5) is 13.2 Å². The van der Waals surface area contributed by atoms with Crippen LogP contribution in [0, 0.1) is 9.85 Å². The highest BCUT2D eigenvalue weighted by molar-refractivity contribution is 14.1. The molecule has 1 atom stereocenters. The molecule has 0 saturated carbocycles. The molecule has 21 heavy (non-hydrogen) atoms. The van der Waals surface area contributed by atoms with Crippen molar-refractivity contribution in [1.82, 2.24) is 5.32 Å². The number of ether oxygens (including phenoxy) is 1. The zero-order valence-corrected chi connectivity index (χ0v) is 12.8. The van der Waals surface area contributed by atoms with Crippen LogP contribution in [-0.2, 0) is 19.1 Å². The maximum atomic E-state index is 10.9. The van der Waals surface area contributed by atoms with E-state index in [1.807, 2.05) is 22.6 Å². The molecule has 0 spiro atoms. The molecule has 0 bridgehead atoms. The van der Waals surface area contributed by atoms with E-state index in [-0.39, 0.29) is 19.1 Å². The number of esters is 1. The van der Waals surface area contributed by atoms with Crippen LogP contribution in [0.25, 0.3) is 0 Å². The van der Waals surface area contributed by atoms with E-state index in [0.717, 1.165) is 0 Å². The van der Waals surface area contributed by atoms with Crippen molar-refractivity contribution >= 4 is 40.4 Å². The molecule has 0 aromatic rings. The van der Waals surface area contributed by atoms with E-state index in [9.17, 15) is 22.8 Å². The minimum absolute atomic E-state index is 0.0375.